The third-order valence-electron chi connectivity index (χ3n) is 4.97. The van der Waals surface area contributed by atoms with Crippen LogP contribution in [0.15, 0.2) is 24.3 Å². The van der Waals surface area contributed by atoms with E-state index in [0.29, 0.717) is 30.0 Å². The molecule has 2 heteroatoms. The van der Waals surface area contributed by atoms with Gasteiger partial charge < -0.3 is 4.74 Å². The smallest absolute Gasteiger partial charge is 0.140 e. The highest BCUT2D eigenvalue weighted by Gasteiger charge is 2.34. The molecule has 1 saturated carbocycles. The Morgan fingerprint density at radius 3 is 2.48 bits per heavy atom. The van der Waals surface area contributed by atoms with Crippen molar-refractivity contribution in [1.82, 2.24) is 0 Å². The van der Waals surface area contributed by atoms with Gasteiger partial charge in [0.15, 0.2) is 0 Å². The van der Waals surface area contributed by atoms with Crippen molar-refractivity contribution in [2.24, 2.45) is 23.7 Å². The van der Waals surface area contributed by atoms with E-state index in [4.69, 9.17) is 4.74 Å². The minimum absolute atomic E-state index is 0.246. The van der Waals surface area contributed by atoms with Gasteiger partial charge in [-0.05, 0) is 48.3 Å². The van der Waals surface area contributed by atoms with Gasteiger partial charge in [-0.25, -0.2) is 0 Å². The lowest BCUT2D eigenvalue weighted by molar-refractivity contribution is -0.126. The number of benzene rings is 1. The Morgan fingerprint density at radius 2 is 1.90 bits per heavy atom. The SMILES string of the molecule is COc1ccc(CC(=O)[C@@H]2C[C@H](C)CC[C@H]2C(C)C)cc1. The van der Waals surface area contributed by atoms with Gasteiger partial charge in [-0.2, -0.15) is 0 Å². The molecular weight excluding hydrogens is 260 g/mol. The molecular formula is C19H28O2. The van der Waals surface area contributed by atoms with E-state index >= 15 is 0 Å². The van der Waals surface area contributed by atoms with E-state index in [2.05, 4.69) is 20.8 Å². The molecule has 1 aromatic rings. The fraction of sp³-hybridized carbons (Fsp3) is 0.632. The molecule has 1 aliphatic rings. The molecule has 2 nitrogen and oxygen atoms in total. The lowest BCUT2D eigenvalue weighted by Gasteiger charge is -2.36. The number of rotatable bonds is 5. The van der Waals surface area contributed by atoms with Crippen molar-refractivity contribution < 1.29 is 9.53 Å². The average molecular weight is 288 g/mol. The van der Waals surface area contributed by atoms with Crippen LogP contribution in [0.5, 0.6) is 5.75 Å². The summed E-state index contributed by atoms with van der Waals surface area (Å²) in [6.45, 7) is 6.80. The lowest BCUT2D eigenvalue weighted by atomic mass is 9.68. The van der Waals surface area contributed by atoms with E-state index in [1.807, 2.05) is 24.3 Å². The normalized spacial score (nSPS) is 25.9. The van der Waals surface area contributed by atoms with Crippen molar-refractivity contribution in [3.63, 3.8) is 0 Å². The number of methoxy groups -OCH3 is 1. The predicted molar refractivity (Wildman–Crippen MR) is 86.5 cm³/mol. The summed E-state index contributed by atoms with van der Waals surface area (Å²) in [4.78, 5) is 12.8. The van der Waals surface area contributed by atoms with Crippen LogP contribution in [0.2, 0.25) is 0 Å². The molecule has 0 bridgehead atoms. The van der Waals surface area contributed by atoms with Crippen LogP contribution in [0, 0.1) is 23.7 Å². The number of ether oxygens (including phenoxy) is 1. The molecule has 0 saturated heterocycles. The van der Waals surface area contributed by atoms with Gasteiger partial charge >= 0.3 is 0 Å². The second-order valence-corrected chi connectivity index (χ2v) is 6.92. The Kier molecular flexibility index (Phi) is 5.44. The van der Waals surface area contributed by atoms with Crippen molar-refractivity contribution in [3.05, 3.63) is 29.8 Å². The number of hydrogen-bond donors (Lipinski definition) is 0. The van der Waals surface area contributed by atoms with Crippen LogP contribution in [0.1, 0.15) is 45.6 Å². The molecule has 0 aliphatic heterocycles. The zero-order chi connectivity index (χ0) is 15.4. The van der Waals surface area contributed by atoms with Crippen LogP contribution in [-0.4, -0.2) is 12.9 Å². The molecule has 1 aliphatic carbocycles. The van der Waals surface area contributed by atoms with E-state index in [-0.39, 0.29) is 5.92 Å². The molecule has 0 spiro atoms. The first-order valence-electron chi connectivity index (χ1n) is 8.17. The van der Waals surface area contributed by atoms with Crippen molar-refractivity contribution in [2.75, 3.05) is 7.11 Å². The average Bonchev–Trinajstić information content (AvgIpc) is 2.47. The summed E-state index contributed by atoms with van der Waals surface area (Å²) in [7, 11) is 1.66. The molecule has 0 N–H and O–H groups in total. The number of Topliss-reactive ketones (excluding diaryl/α,β-unsaturated/α-hetero) is 1. The zero-order valence-corrected chi connectivity index (χ0v) is 13.8. The van der Waals surface area contributed by atoms with Crippen molar-refractivity contribution in [1.29, 1.82) is 0 Å². The van der Waals surface area contributed by atoms with Crippen molar-refractivity contribution >= 4 is 5.78 Å². The topological polar surface area (TPSA) is 26.3 Å². The molecule has 1 fully saturated rings. The van der Waals surface area contributed by atoms with Crippen molar-refractivity contribution in [2.45, 2.75) is 46.5 Å². The minimum atomic E-state index is 0.246. The highest BCUT2D eigenvalue weighted by Crippen LogP contribution is 2.38. The van der Waals surface area contributed by atoms with Crippen LogP contribution in [0.4, 0.5) is 0 Å². The van der Waals surface area contributed by atoms with Crippen LogP contribution in [-0.2, 0) is 11.2 Å². The second kappa shape index (κ2) is 7.11. The molecule has 0 amide bonds. The molecule has 0 radical (unpaired) electrons. The van der Waals surface area contributed by atoms with Gasteiger partial charge in [0, 0.05) is 12.3 Å². The number of ketones is 1. The van der Waals surface area contributed by atoms with Crippen LogP contribution >= 0.6 is 0 Å². The van der Waals surface area contributed by atoms with Gasteiger partial charge in [-0.15, -0.1) is 0 Å². The Morgan fingerprint density at radius 1 is 1.24 bits per heavy atom. The quantitative estimate of drug-likeness (QED) is 0.796. The third-order valence-corrected chi connectivity index (χ3v) is 4.97. The van der Waals surface area contributed by atoms with Gasteiger partial charge in [0.1, 0.15) is 11.5 Å². The largest absolute Gasteiger partial charge is 0.497 e. The van der Waals surface area contributed by atoms with E-state index in [1.54, 1.807) is 7.11 Å². The summed E-state index contributed by atoms with van der Waals surface area (Å²) in [5.74, 6) is 3.36. The standard InChI is InChI=1S/C19H28O2/c1-13(2)17-10-5-14(3)11-18(17)19(20)12-15-6-8-16(21-4)9-7-15/h6-9,13-14,17-18H,5,10-12H2,1-4H3/t14-,17+,18-/m1/s1. The first-order valence-corrected chi connectivity index (χ1v) is 8.17. The summed E-state index contributed by atoms with van der Waals surface area (Å²) < 4.78 is 5.17. The summed E-state index contributed by atoms with van der Waals surface area (Å²) in [5, 5.41) is 0. The first-order chi connectivity index (χ1) is 10.0. The van der Waals surface area contributed by atoms with Gasteiger partial charge in [-0.3, -0.25) is 4.79 Å². The Labute approximate surface area is 128 Å². The zero-order valence-electron chi connectivity index (χ0n) is 13.8. The highest BCUT2D eigenvalue weighted by molar-refractivity contribution is 5.83. The molecule has 0 aromatic heterocycles. The van der Waals surface area contributed by atoms with Gasteiger partial charge in [0.25, 0.3) is 0 Å². The summed E-state index contributed by atoms with van der Waals surface area (Å²) in [6, 6.07) is 7.89. The molecule has 21 heavy (non-hydrogen) atoms. The number of carbonyl (C=O) groups excluding carboxylic acids is 1. The molecule has 0 heterocycles. The number of carbonyl (C=O) groups is 1. The highest BCUT2D eigenvalue weighted by atomic mass is 16.5. The fourth-order valence-electron chi connectivity index (χ4n) is 3.65. The maximum atomic E-state index is 12.8. The van der Waals surface area contributed by atoms with Crippen LogP contribution in [0.3, 0.4) is 0 Å². The predicted octanol–water partition coefficient (Wildman–Crippen LogP) is 4.52. The monoisotopic (exact) mass is 288 g/mol. The van der Waals surface area contributed by atoms with E-state index in [9.17, 15) is 4.79 Å². The first kappa shape index (κ1) is 16.1. The Hall–Kier alpha value is -1.31. The molecule has 3 atom stereocenters. The van der Waals surface area contributed by atoms with E-state index < -0.39 is 0 Å². The minimum Gasteiger partial charge on any atom is -0.497 e. The maximum absolute atomic E-state index is 12.8. The van der Waals surface area contributed by atoms with Gasteiger partial charge in [0.2, 0.25) is 0 Å². The lowest BCUT2D eigenvalue weighted by Crippen LogP contribution is -2.34. The fourth-order valence-corrected chi connectivity index (χ4v) is 3.65. The Bertz CT molecular complexity index is 461. The molecule has 0 unspecified atom stereocenters. The van der Waals surface area contributed by atoms with Crippen molar-refractivity contribution in [3.8, 4) is 5.75 Å². The van der Waals surface area contributed by atoms with E-state index in [0.717, 1.165) is 17.7 Å². The second-order valence-electron chi connectivity index (χ2n) is 6.92. The summed E-state index contributed by atoms with van der Waals surface area (Å²) >= 11 is 0. The van der Waals surface area contributed by atoms with Crippen LogP contribution < -0.4 is 4.74 Å². The molecule has 116 valence electrons. The third kappa shape index (κ3) is 4.09. The summed E-state index contributed by atoms with van der Waals surface area (Å²) in [5.41, 5.74) is 1.10. The Balaban J connectivity index is 2.05. The van der Waals surface area contributed by atoms with Crippen LogP contribution in [0.25, 0.3) is 0 Å². The molecule has 1 aromatic carbocycles. The van der Waals surface area contributed by atoms with Gasteiger partial charge in [0.05, 0.1) is 7.11 Å². The summed E-state index contributed by atoms with van der Waals surface area (Å²) in [6.07, 6.45) is 4.11. The van der Waals surface area contributed by atoms with Gasteiger partial charge in [-0.1, -0.05) is 39.3 Å². The van der Waals surface area contributed by atoms with E-state index in [1.165, 1.54) is 12.8 Å². The number of hydrogen-bond acceptors (Lipinski definition) is 2. The maximum Gasteiger partial charge on any atom is 0.140 e. The molecule has 2 rings (SSSR count).